The summed E-state index contributed by atoms with van der Waals surface area (Å²) in [7, 11) is 0. The molecule has 3 atom stereocenters. The Labute approximate surface area is 127 Å². The van der Waals surface area contributed by atoms with Crippen molar-refractivity contribution in [2.24, 2.45) is 0 Å². The number of phenols is 1. The molecule has 0 saturated carbocycles. The second-order valence-corrected chi connectivity index (χ2v) is 7.38. The summed E-state index contributed by atoms with van der Waals surface area (Å²) in [6.07, 6.45) is 3.15. The van der Waals surface area contributed by atoms with Crippen LogP contribution in [0.2, 0.25) is 0 Å². The Hall–Kier alpha value is -1.06. The molecule has 1 aromatic rings. The van der Waals surface area contributed by atoms with E-state index in [-0.39, 0.29) is 11.6 Å². The molecule has 1 saturated heterocycles. The number of benzene rings is 1. The van der Waals surface area contributed by atoms with E-state index in [1.54, 1.807) is 0 Å². The summed E-state index contributed by atoms with van der Waals surface area (Å²) in [6, 6.07) is 4.62. The van der Waals surface area contributed by atoms with Gasteiger partial charge in [0.2, 0.25) is 0 Å². The molecule has 0 amide bonds. The van der Waals surface area contributed by atoms with Crippen molar-refractivity contribution in [3.05, 3.63) is 28.8 Å². The highest BCUT2D eigenvalue weighted by Gasteiger charge is 2.36. The van der Waals surface area contributed by atoms with Crippen LogP contribution in [0.3, 0.4) is 0 Å². The Bertz CT molecular complexity index is 538. The molecule has 1 aliphatic carbocycles. The van der Waals surface area contributed by atoms with Gasteiger partial charge in [0, 0.05) is 24.3 Å². The summed E-state index contributed by atoms with van der Waals surface area (Å²) in [4.78, 5) is 0. The summed E-state index contributed by atoms with van der Waals surface area (Å²) < 4.78 is 5.80. The van der Waals surface area contributed by atoms with E-state index >= 15 is 0 Å². The third kappa shape index (κ3) is 2.82. The van der Waals surface area contributed by atoms with Crippen molar-refractivity contribution in [2.45, 2.75) is 70.6 Å². The maximum atomic E-state index is 10.3. The van der Waals surface area contributed by atoms with E-state index in [1.807, 2.05) is 12.1 Å². The lowest BCUT2D eigenvalue weighted by atomic mass is 9.92. The SMILES string of the molecule is Cc1ccc(O)c2c1C(C)CC2NC1CCOC(C)(C)C1. The minimum atomic E-state index is -0.0440. The Morgan fingerprint density at radius 2 is 2.05 bits per heavy atom. The molecule has 1 heterocycles. The number of hydrogen-bond donors (Lipinski definition) is 2. The van der Waals surface area contributed by atoms with Crippen LogP contribution in [0.15, 0.2) is 12.1 Å². The van der Waals surface area contributed by atoms with Crippen LogP contribution in [0, 0.1) is 6.92 Å². The van der Waals surface area contributed by atoms with Crippen molar-refractivity contribution >= 4 is 0 Å². The first-order valence-electron chi connectivity index (χ1n) is 8.10. The average molecular weight is 289 g/mol. The monoisotopic (exact) mass is 289 g/mol. The molecule has 2 aliphatic rings. The van der Waals surface area contributed by atoms with E-state index in [4.69, 9.17) is 4.74 Å². The first-order valence-corrected chi connectivity index (χ1v) is 8.10. The van der Waals surface area contributed by atoms with Crippen molar-refractivity contribution < 1.29 is 9.84 Å². The van der Waals surface area contributed by atoms with E-state index in [1.165, 1.54) is 11.1 Å². The molecule has 0 radical (unpaired) electrons. The highest BCUT2D eigenvalue weighted by atomic mass is 16.5. The molecule has 21 heavy (non-hydrogen) atoms. The molecule has 0 aromatic heterocycles. The molecule has 2 N–H and O–H groups in total. The molecule has 3 rings (SSSR count). The number of aromatic hydroxyl groups is 1. The number of hydrogen-bond acceptors (Lipinski definition) is 3. The van der Waals surface area contributed by atoms with E-state index < -0.39 is 0 Å². The van der Waals surface area contributed by atoms with E-state index in [9.17, 15) is 5.11 Å². The molecule has 116 valence electrons. The zero-order valence-electron chi connectivity index (χ0n) is 13.6. The first-order chi connectivity index (χ1) is 9.87. The average Bonchev–Trinajstić information content (AvgIpc) is 2.71. The number of fused-ring (bicyclic) bond motifs is 1. The van der Waals surface area contributed by atoms with Crippen molar-refractivity contribution in [3.8, 4) is 5.75 Å². The maximum absolute atomic E-state index is 10.3. The van der Waals surface area contributed by atoms with Gasteiger partial charge in [0.05, 0.1) is 5.60 Å². The predicted molar refractivity (Wildman–Crippen MR) is 84.8 cm³/mol. The van der Waals surface area contributed by atoms with Gasteiger partial charge in [-0.25, -0.2) is 0 Å². The summed E-state index contributed by atoms with van der Waals surface area (Å²) in [5.41, 5.74) is 3.73. The quantitative estimate of drug-likeness (QED) is 0.870. The van der Waals surface area contributed by atoms with Crippen molar-refractivity contribution in [1.82, 2.24) is 5.32 Å². The fourth-order valence-corrected chi connectivity index (χ4v) is 4.15. The lowest BCUT2D eigenvalue weighted by Crippen LogP contribution is -2.44. The predicted octanol–water partition coefficient (Wildman–Crippen LogP) is 3.80. The van der Waals surface area contributed by atoms with Crippen LogP contribution in [0.1, 0.15) is 68.7 Å². The van der Waals surface area contributed by atoms with Crippen LogP contribution >= 0.6 is 0 Å². The molecule has 3 unspecified atom stereocenters. The highest BCUT2D eigenvalue weighted by Crippen LogP contribution is 2.46. The summed E-state index contributed by atoms with van der Waals surface area (Å²) >= 11 is 0. The largest absolute Gasteiger partial charge is 0.508 e. The van der Waals surface area contributed by atoms with Gasteiger partial charge in [-0.05, 0) is 63.1 Å². The van der Waals surface area contributed by atoms with Crippen LogP contribution in [0.4, 0.5) is 0 Å². The lowest BCUT2D eigenvalue weighted by Gasteiger charge is -2.37. The van der Waals surface area contributed by atoms with Gasteiger partial charge in [-0.1, -0.05) is 13.0 Å². The smallest absolute Gasteiger partial charge is 0.120 e. The first kappa shape index (κ1) is 14.9. The zero-order chi connectivity index (χ0) is 15.2. The molecular weight excluding hydrogens is 262 g/mol. The lowest BCUT2D eigenvalue weighted by molar-refractivity contribution is -0.0642. The molecule has 3 heteroatoms. The molecule has 1 fully saturated rings. The van der Waals surface area contributed by atoms with Crippen LogP contribution in [-0.4, -0.2) is 23.4 Å². The highest BCUT2D eigenvalue weighted by molar-refractivity contribution is 5.50. The van der Waals surface area contributed by atoms with Gasteiger partial charge in [-0.2, -0.15) is 0 Å². The second-order valence-electron chi connectivity index (χ2n) is 7.38. The maximum Gasteiger partial charge on any atom is 0.120 e. The number of rotatable bonds is 2. The van der Waals surface area contributed by atoms with Crippen LogP contribution in [-0.2, 0) is 4.74 Å². The molecule has 0 spiro atoms. The van der Waals surface area contributed by atoms with E-state index in [0.29, 0.717) is 17.7 Å². The van der Waals surface area contributed by atoms with Crippen LogP contribution < -0.4 is 5.32 Å². The van der Waals surface area contributed by atoms with Gasteiger partial charge in [0.1, 0.15) is 5.75 Å². The zero-order valence-corrected chi connectivity index (χ0v) is 13.6. The fourth-order valence-electron chi connectivity index (χ4n) is 4.15. The molecular formula is C18H27NO2. The number of ether oxygens (including phenoxy) is 1. The normalized spacial score (nSPS) is 31.1. The Balaban J connectivity index is 1.82. The van der Waals surface area contributed by atoms with Gasteiger partial charge in [0.25, 0.3) is 0 Å². The third-order valence-electron chi connectivity index (χ3n) is 5.05. The Morgan fingerprint density at radius 1 is 1.29 bits per heavy atom. The van der Waals surface area contributed by atoms with Crippen molar-refractivity contribution in [1.29, 1.82) is 0 Å². The van der Waals surface area contributed by atoms with Gasteiger partial charge < -0.3 is 15.2 Å². The van der Waals surface area contributed by atoms with E-state index in [2.05, 4.69) is 33.0 Å². The Kier molecular flexibility index (Phi) is 3.74. The third-order valence-corrected chi connectivity index (χ3v) is 5.05. The van der Waals surface area contributed by atoms with Crippen LogP contribution in [0.25, 0.3) is 0 Å². The second kappa shape index (κ2) is 5.29. The van der Waals surface area contributed by atoms with Crippen molar-refractivity contribution in [3.63, 3.8) is 0 Å². The van der Waals surface area contributed by atoms with Gasteiger partial charge in [-0.3, -0.25) is 0 Å². The van der Waals surface area contributed by atoms with E-state index in [0.717, 1.165) is 31.4 Å². The molecule has 1 aliphatic heterocycles. The minimum absolute atomic E-state index is 0.0440. The van der Waals surface area contributed by atoms with Crippen LogP contribution in [0.5, 0.6) is 5.75 Å². The topological polar surface area (TPSA) is 41.5 Å². The summed E-state index contributed by atoms with van der Waals surface area (Å²) in [6.45, 7) is 9.55. The fraction of sp³-hybridized carbons (Fsp3) is 0.667. The van der Waals surface area contributed by atoms with Gasteiger partial charge >= 0.3 is 0 Å². The standard InChI is InChI=1S/C18H27NO2/c1-11-5-6-15(20)17-14(9-12(2)16(11)17)19-13-7-8-21-18(3,4)10-13/h5-6,12-14,19-20H,7-10H2,1-4H3. The molecule has 0 bridgehead atoms. The van der Waals surface area contributed by atoms with Gasteiger partial charge in [0.15, 0.2) is 0 Å². The summed E-state index contributed by atoms with van der Waals surface area (Å²) in [5.74, 6) is 0.959. The van der Waals surface area contributed by atoms with Gasteiger partial charge in [-0.15, -0.1) is 0 Å². The number of phenolic OH excluding ortho intramolecular Hbond substituents is 1. The Morgan fingerprint density at radius 3 is 2.76 bits per heavy atom. The minimum Gasteiger partial charge on any atom is -0.508 e. The number of aryl methyl sites for hydroxylation is 1. The molecule has 3 nitrogen and oxygen atoms in total. The summed E-state index contributed by atoms with van der Waals surface area (Å²) in [5, 5.41) is 14.1. The van der Waals surface area contributed by atoms with Crippen molar-refractivity contribution in [2.75, 3.05) is 6.61 Å². The number of nitrogens with one attached hydrogen (secondary N) is 1. The molecule has 1 aromatic carbocycles.